The third-order valence-corrected chi connectivity index (χ3v) is 7.72. The van der Waals surface area contributed by atoms with Crippen LogP contribution < -0.4 is 14.8 Å². The van der Waals surface area contributed by atoms with Crippen LogP contribution in [-0.2, 0) is 21.4 Å². The lowest BCUT2D eigenvalue weighted by atomic mass is 9.65. The third-order valence-electron chi connectivity index (χ3n) is 6.61. The number of alkyl halides is 3. The fourth-order valence-corrected chi connectivity index (χ4v) is 5.03. The molecule has 0 unspecified atom stereocenters. The maximum Gasteiger partial charge on any atom is 0.435 e. The molecule has 1 heterocycles. The number of aromatic nitrogens is 2. The molecule has 9 nitrogen and oxygen atoms in total. The van der Waals surface area contributed by atoms with E-state index in [4.69, 9.17) is 9.47 Å². The summed E-state index contributed by atoms with van der Waals surface area (Å²) in [5, 5.41) is 18.6. The predicted octanol–water partition coefficient (Wildman–Crippen LogP) is 5.34. The lowest BCUT2D eigenvalue weighted by Gasteiger charge is -2.36. The molecule has 1 amide bonds. The van der Waals surface area contributed by atoms with Crippen LogP contribution in [0.5, 0.6) is 17.4 Å². The molecule has 0 atom stereocenters. The van der Waals surface area contributed by atoms with Crippen LogP contribution in [0.2, 0.25) is 0 Å². The average molecular weight is 579 g/mol. The van der Waals surface area contributed by atoms with Crippen molar-refractivity contribution in [3.05, 3.63) is 64.6 Å². The number of benzene rings is 2. The number of nitriles is 1. The van der Waals surface area contributed by atoms with Crippen LogP contribution in [0.4, 0.5) is 23.2 Å². The summed E-state index contributed by atoms with van der Waals surface area (Å²) in [7, 11) is -2.51. The number of halogens is 4. The molecule has 1 N–H and O–H groups in total. The summed E-state index contributed by atoms with van der Waals surface area (Å²) in [6, 6.07) is 9.80. The Bertz CT molecular complexity index is 1650. The van der Waals surface area contributed by atoms with Crippen molar-refractivity contribution in [3.63, 3.8) is 0 Å². The highest BCUT2D eigenvalue weighted by molar-refractivity contribution is 7.90. The standard InChI is InChI=1S/C26H22F4N4O5S/c1-14-19(23(35)32-15-6-4-7-16(12-15)40(3,36)37)24(34-33-22(14)26(28,29)30)39-18-9-8-17(20(27)21(18)38-2)25(13-31)10-5-11-25/h4,6-9,12H,5,10-11H2,1-3H3,(H,32,35). The smallest absolute Gasteiger partial charge is 0.435 e. The number of anilines is 1. The van der Waals surface area contributed by atoms with Crippen molar-refractivity contribution in [1.29, 1.82) is 5.26 Å². The van der Waals surface area contributed by atoms with E-state index in [0.29, 0.717) is 12.8 Å². The Balaban J connectivity index is 1.79. The van der Waals surface area contributed by atoms with Crippen LogP contribution in [0.3, 0.4) is 0 Å². The molecule has 1 aliphatic carbocycles. The van der Waals surface area contributed by atoms with Crippen molar-refractivity contribution in [2.45, 2.75) is 42.7 Å². The van der Waals surface area contributed by atoms with Crippen molar-refractivity contribution < 1.29 is 40.2 Å². The second-order valence-electron chi connectivity index (χ2n) is 9.21. The Morgan fingerprint density at radius 3 is 2.42 bits per heavy atom. The molecule has 0 bridgehead atoms. The number of carbonyl (C=O) groups is 1. The Morgan fingerprint density at radius 1 is 1.18 bits per heavy atom. The molecule has 1 saturated carbocycles. The number of methoxy groups -OCH3 is 1. The second-order valence-corrected chi connectivity index (χ2v) is 11.2. The van der Waals surface area contributed by atoms with E-state index >= 15 is 4.39 Å². The summed E-state index contributed by atoms with van der Waals surface area (Å²) in [5.41, 5.74) is -3.74. The molecule has 0 aliphatic heterocycles. The molecular formula is C26H22F4N4O5S. The van der Waals surface area contributed by atoms with Gasteiger partial charge in [0.1, 0.15) is 5.56 Å². The van der Waals surface area contributed by atoms with Crippen LogP contribution in [0.15, 0.2) is 41.3 Å². The van der Waals surface area contributed by atoms with Crippen LogP contribution in [-0.4, -0.2) is 37.9 Å². The van der Waals surface area contributed by atoms with Gasteiger partial charge in [-0.1, -0.05) is 12.1 Å². The first-order valence-corrected chi connectivity index (χ1v) is 13.6. The van der Waals surface area contributed by atoms with Crippen LogP contribution in [0.25, 0.3) is 0 Å². The molecule has 1 aromatic heterocycles. The maximum atomic E-state index is 15.5. The van der Waals surface area contributed by atoms with Crippen molar-refractivity contribution in [2.24, 2.45) is 0 Å². The van der Waals surface area contributed by atoms with Gasteiger partial charge in [0.25, 0.3) is 11.8 Å². The molecule has 3 aromatic rings. The molecule has 40 heavy (non-hydrogen) atoms. The van der Waals surface area contributed by atoms with Gasteiger partial charge in [-0.15, -0.1) is 10.2 Å². The fourth-order valence-electron chi connectivity index (χ4n) is 4.36. The number of nitrogens with zero attached hydrogens (tertiary/aromatic N) is 3. The zero-order valence-electron chi connectivity index (χ0n) is 21.4. The van der Waals surface area contributed by atoms with Gasteiger partial charge in [0.2, 0.25) is 0 Å². The zero-order valence-corrected chi connectivity index (χ0v) is 22.2. The molecule has 1 aliphatic rings. The van der Waals surface area contributed by atoms with Crippen molar-refractivity contribution >= 4 is 21.4 Å². The number of hydrogen-bond acceptors (Lipinski definition) is 8. The summed E-state index contributed by atoms with van der Waals surface area (Å²) >= 11 is 0. The Hall–Kier alpha value is -4.25. The van der Waals surface area contributed by atoms with E-state index in [1.54, 1.807) is 0 Å². The Morgan fingerprint density at radius 2 is 1.88 bits per heavy atom. The molecule has 210 valence electrons. The summed E-state index contributed by atoms with van der Waals surface area (Å²) in [5.74, 6) is -3.45. The molecule has 0 saturated heterocycles. The molecule has 4 rings (SSSR count). The predicted molar refractivity (Wildman–Crippen MR) is 133 cm³/mol. The molecular weight excluding hydrogens is 556 g/mol. The highest BCUT2D eigenvalue weighted by atomic mass is 32.2. The van der Waals surface area contributed by atoms with Gasteiger partial charge in [-0.3, -0.25) is 4.79 Å². The van der Waals surface area contributed by atoms with Gasteiger partial charge in [0, 0.05) is 17.5 Å². The minimum absolute atomic E-state index is 0.0288. The van der Waals surface area contributed by atoms with Gasteiger partial charge in [-0.05, 0) is 56.0 Å². The Labute approximate surface area is 226 Å². The molecule has 2 aromatic carbocycles. The third kappa shape index (κ3) is 5.29. The first kappa shape index (κ1) is 28.8. The lowest BCUT2D eigenvalue weighted by Crippen LogP contribution is -2.33. The normalized spacial score (nSPS) is 14.6. The number of nitrogens with one attached hydrogen (secondary N) is 1. The van der Waals surface area contributed by atoms with Crippen molar-refractivity contribution in [3.8, 4) is 23.4 Å². The van der Waals surface area contributed by atoms with E-state index < -0.39 is 61.6 Å². The number of sulfone groups is 1. The van der Waals surface area contributed by atoms with Crippen LogP contribution >= 0.6 is 0 Å². The minimum Gasteiger partial charge on any atom is -0.490 e. The molecule has 14 heteroatoms. The fraction of sp³-hybridized carbons (Fsp3) is 0.308. The number of hydrogen-bond donors (Lipinski definition) is 1. The van der Waals surface area contributed by atoms with Crippen LogP contribution in [0.1, 0.15) is 46.4 Å². The van der Waals surface area contributed by atoms with Gasteiger partial charge < -0.3 is 14.8 Å². The number of carbonyl (C=O) groups excluding carboxylic acids is 1. The number of amides is 1. The van der Waals surface area contributed by atoms with Crippen molar-refractivity contribution in [1.82, 2.24) is 10.2 Å². The van der Waals surface area contributed by atoms with E-state index in [9.17, 15) is 31.6 Å². The number of rotatable bonds is 7. The quantitative estimate of drug-likeness (QED) is 0.372. The van der Waals surface area contributed by atoms with E-state index in [1.165, 1.54) is 30.3 Å². The largest absolute Gasteiger partial charge is 0.490 e. The van der Waals surface area contributed by atoms with E-state index in [1.807, 2.05) is 0 Å². The van der Waals surface area contributed by atoms with Crippen LogP contribution in [0, 0.1) is 24.1 Å². The van der Waals surface area contributed by atoms with Gasteiger partial charge in [-0.25, -0.2) is 12.8 Å². The summed E-state index contributed by atoms with van der Waals surface area (Å²) < 4.78 is 90.9. The van der Waals surface area contributed by atoms with E-state index in [-0.39, 0.29) is 21.9 Å². The van der Waals surface area contributed by atoms with Gasteiger partial charge in [-0.2, -0.15) is 18.4 Å². The average Bonchev–Trinajstić information content (AvgIpc) is 2.84. The minimum atomic E-state index is -4.97. The van der Waals surface area contributed by atoms with Gasteiger partial charge in [0.15, 0.2) is 32.8 Å². The summed E-state index contributed by atoms with van der Waals surface area (Å²) in [6.45, 7) is 0.986. The van der Waals surface area contributed by atoms with E-state index in [0.717, 1.165) is 32.8 Å². The topological polar surface area (TPSA) is 131 Å². The van der Waals surface area contributed by atoms with Gasteiger partial charge in [0.05, 0.1) is 23.5 Å². The highest BCUT2D eigenvalue weighted by Crippen LogP contribution is 2.48. The summed E-state index contributed by atoms with van der Waals surface area (Å²) in [4.78, 5) is 13.1. The van der Waals surface area contributed by atoms with Gasteiger partial charge >= 0.3 is 6.18 Å². The number of ether oxygens (including phenoxy) is 2. The zero-order chi connectivity index (χ0) is 29.5. The van der Waals surface area contributed by atoms with Crippen molar-refractivity contribution in [2.75, 3.05) is 18.7 Å². The summed E-state index contributed by atoms with van der Waals surface area (Å²) in [6.07, 6.45) is -2.40. The lowest BCUT2D eigenvalue weighted by molar-refractivity contribution is -0.142. The maximum absolute atomic E-state index is 15.5. The Kier molecular flexibility index (Phi) is 7.46. The second kappa shape index (κ2) is 10.4. The molecule has 1 fully saturated rings. The first-order valence-electron chi connectivity index (χ1n) is 11.7. The highest BCUT2D eigenvalue weighted by Gasteiger charge is 2.43. The molecule has 0 radical (unpaired) electrons. The van der Waals surface area contributed by atoms with E-state index in [2.05, 4.69) is 21.6 Å². The first-order chi connectivity index (χ1) is 18.7. The molecule has 0 spiro atoms. The SMILES string of the molecule is COc1c(Oc2nnc(C(F)(F)F)c(C)c2C(=O)Nc2cccc(S(C)(=O)=O)c2)ccc(C2(C#N)CCC2)c1F. The monoisotopic (exact) mass is 578 g/mol.